The molecule has 6 nitrogen and oxygen atoms in total. The van der Waals surface area contributed by atoms with Crippen molar-refractivity contribution in [3.8, 4) is 0 Å². The molecule has 0 fully saturated rings. The minimum atomic E-state index is -3.51. The van der Waals surface area contributed by atoms with Crippen molar-refractivity contribution in [3.05, 3.63) is 95.8 Å². The molecule has 7 heteroatoms. The highest BCUT2D eigenvalue weighted by atomic mass is 32.2. The second-order valence-electron chi connectivity index (χ2n) is 8.65. The topological polar surface area (TPSA) is 67.2 Å². The van der Waals surface area contributed by atoms with Crippen LogP contribution in [0.3, 0.4) is 0 Å². The molecule has 4 rings (SSSR count). The molecule has 34 heavy (non-hydrogen) atoms. The van der Waals surface area contributed by atoms with Crippen LogP contribution >= 0.6 is 0 Å². The Morgan fingerprint density at radius 2 is 1.65 bits per heavy atom. The van der Waals surface area contributed by atoms with Crippen LogP contribution in [-0.2, 0) is 29.5 Å². The molecular formula is C27H32N4O2S. The first kappa shape index (κ1) is 24.1. The molecule has 0 aliphatic carbocycles. The third-order valence-corrected chi connectivity index (χ3v) is 7.83. The summed E-state index contributed by atoms with van der Waals surface area (Å²) in [6, 6.07) is 26.3. The van der Waals surface area contributed by atoms with E-state index in [1.54, 1.807) is 26.2 Å². The Hall–Kier alpha value is -3.00. The molecule has 0 bridgehead atoms. The van der Waals surface area contributed by atoms with Crippen molar-refractivity contribution in [2.24, 2.45) is 0 Å². The van der Waals surface area contributed by atoms with E-state index in [1.807, 2.05) is 18.2 Å². The van der Waals surface area contributed by atoms with E-state index < -0.39 is 10.0 Å². The van der Waals surface area contributed by atoms with E-state index in [2.05, 4.69) is 65.3 Å². The number of nitrogens with zero attached hydrogens (tertiary/aromatic N) is 3. The second-order valence-corrected chi connectivity index (χ2v) is 10.8. The van der Waals surface area contributed by atoms with Gasteiger partial charge in [-0.25, -0.2) is 17.7 Å². The van der Waals surface area contributed by atoms with Crippen LogP contribution in [0.25, 0.3) is 11.0 Å². The number of rotatable bonds is 10. The molecule has 1 atom stereocenters. The molecule has 4 aromatic rings. The van der Waals surface area contributed by atoms with Crippen LogP contribution in [0.5, 0.6) is 0 Å². The van der Waals surface area contributed by atoms with Gasteiger partial charge in [-0.2, -0.15) is 0 Å². The molecule has 0 spiro atoms. The summed E-state index contributed by atoms with van der Waals surface area (Å²) < 4.78 is 28.7. The summed E-state index contributed by atoms with van der Waals surface area (Å²) in [5.41, 5.74) is 4.15. The van der Waals surface area contributed by atoms with Gasteiger partial charge in [0.05, 0.1) is 22.5 Å². The Balaban J connectivity index is 1.65. The van der Waals surface area contributed by atoms with Gasteiger partial charge in [0, 0.05) is 26.7 Å². The number of imidazole rings is 1. The third-order valence-electron chi connectivity index (χ3n) is 6.02. The number of nitrogens with one attached hydrogen (secondary N) is 1. The van der Waals surface area contributed by atoms with Crippen LogP contribution in [0.2, 0.25) is 0 Å². The van der Waals surface area contributed by atoms with Gasteiger partial charge in [-0.15, -0.1) is 0 Å². The van der Waals surface area contributed by atoms with Crippen LogP contribution in [0.1, 0.15) is 36.3 Å². The first-order chi connectivity index (χ1) is 16.4. The zero-order valence-corrected chi connectivity index (χ0v) is 20.8. The Labute approximate surface area is 202 Å². The van der Waals surface area contributed by atoms with Gasteiger partial charge in [-0.1, -0.05) is 67.6 Å². The fraction of sp³-hybridized carbons (Fsp3) is 0.296. The molecule has 0 unspecified atom stereocenters. The largest absolute Gasteiger partial charge is 0.327 e. The van der Waals surface area contributed by atoms with Crippen molar-refractivity contribution in [2.45, 2.75) is 43.8 Å². The van der Waals surface area contributed by atoms with E-state index in [1.165, 1.54) is 15.4 Å². The summed E-state index contributed by atoms with van der Waals surface area (Å²) in [4.78, 5) is 5.12. The lowest BCUT2D eigenvalue weighted by Crippen LogP contribution is -2.24. The highest BCUT2D eigenvalue weighted by Crippen LogP contribution is 2.24. The molecule has 1 heterocycles. The quantitative estimate of drug-likeness (QED) is 0.358. The lowest BCUT2D eigenvalue weighted by atomic mass is 9.99. The minimum Gasteiger partial charge on any atom is -0.327 e. The standard InChI is InChI=1S/C27H32N4O2S/c1-4-17-31-26-16-15-23(34(32,33)30(2)3)19-25(26)29-27(31)20-28-24(22-13-9-6-10-14-22)18-21-11-7-5-8-12-21/h5-16,19,24,28H,4,17-18,20H2,1-3H3/t24-/m1/s1. The van der Waals surface area contributed by atoms with Crippen molar-refractivity contribution in [2.75, 3.05) is 14.1 Å². The fourth-order valence-electron chi connectivity index (χ4n) is 4.20. The molecule has 0 aliphatic rings. The van der Waals surface area contributed by atoms with Crippen LogP contribution in [0.15, 0.2) is 83.8 Å². The van der Waals surface area contributed by atoms with Crippen molar-refractivity contribution in [1.82, 2.24) is 19.2 Å². The highest BCUT2D eigenvalue weighted by molar-refractivity contribution is 7.89. The first-order valence-electron chi connectivity index (χ1n) is 11.6. The molecule has 178 valence electrons. The average Bonchev–Trinajstić information content (AvgIpc) is 3.19. The number of hydrogen-bond acceptors (Lipinski definition) is 4. The Morgan fingerprint density at radius 3 is 2.29 bits per heavy atom. The van der Waals surface area contributed by atoms with Gasteiger partial charge in [0.15, 0.2) is 0 Å². The van der Waals surface area contributed by atoms with Gasteiger partial charge in [0.2, 0.25) is 10.0 Å². The van der Waals surface area contributed by atoms with E-state index in [0.717, 1.165) is 30.7 Å². The maximum atomic E-state index is 12.6. The van der Waals surface area contributed by atoms with E-state index in [9.17, 15) is 8.42 Å². The predicted molar refractivity (Wildman–Crippen MR) is 137 cm³/mol. The van der Waals surface area contributed by atoms with E-state index in [4.69, 9.17) is 4.98 Å². The normalized spacial score (nSPS) is 12.9. The summed E-state index contributed by atoms with van der Waals surface area (Å²) in [7, 11) is -0.427. The van der Waals surface area contributed by atoms with Crippen LogP contribution in [-0.4, -0.2) is 36.4 Å². The van der Waals surface area contributed by atoms with Gasteiger partial charge < -0.3 is 9.88 Å². The summed E-state index contributed by atoms with van der Waals surface area (Å²) in [6.07, 6.45) is 1.83. The van der Waals surface area contributed by atoms with Gasteiger partial charge >= 0.3 is 0 Å². The van der Waals surface area contributed by atoms with Crippen molar-refractivity contribution < 1.29 is 8.42 Å². The number of benzene rings is 3. The molecule has 1 aromatic heterocycles. The second kappa shape index (κ2) is 10.5. The van der Waals surface area contributed by atoms with Crippen molar-refractivity contribution >= 4 is 21.1 Å². The molecule has 0 saturated carbocycles. The summed E-state index contributed by atoms with van der Waals surface area (Å²) >= 11 is 0. The number of aryl methyl sites for hydroxylation is 1. The van der Waals surface area contributed by atoms with E-state index >= 15 is 0 Å². The number of sulfonamides is 1. The Morgan fingerprint density at radius 1 is 0.971 bits per heavy atom. The van der Waals surface area contributed by atoms with Crippen molar-refractivity contribution in [3.63, 3.8) is 0 Å². The molecule has 1 N–H and O–H groups in total. The minimum absolute atomic E-state index is 0.128. The van der Waals surface area contributed by atoms with Gasteiger partial charge in [-0.05, 0) is 42.2 Å². The van der Waals surface area contributed by atoms with Gasteiger partial charge in [0.25, 0.3) is 0 Å². The SMILES string of the molecule is CCCn1c(CN[C@H](Cc2ccccc2)c2ccccc2)nc2cc(S(=O)(=O)N(C)C)ccc21. The smallest absolute Gasteiger partial charge is 0.242 e. The zero-order chi connectivity index (χ0) is 24.1. The lowest BCUT2D eigenvalue weighted by Gasteiger charge is -2.20. The number of hydrogen-bond donors (Lipinski definition) is 1. The van der Waals surface area contributed by atoms with E-state index in [0.29, 0.717) is 12.1 Å². The monoisotopic (exact) mass is 476 g/mol. The summed E-state index contributed by atoms with van der Waals surface area (Å²) in [5.74, 6) is 0.908. The molecule has 0 aliphatic heterocycles. The van der Waals surface area contributed by atoms with Crippen molar-refractivity contribution in [1.29, 1.82) is 0 Å². The Kier molecular flexibility index (Phi) is 7.46. The van der Waals surface area contributed by atoms with Crippen LogP contribution in [0.4, 0.5) is 0 Å². The summed E-state index contributed by atoms with van der Waals surface area (Å²) in [6.45, 7) is 3.54. The molecule has 3 aromatic carbocycles. The highest BCUT2D eigenvalue weighted by Gasteiger charge is 2.20. The molecule has 0 saturated heterocycles. The van der Waals surface area contributed by atoms with Gasteiger partial charge in [0.1, 0.15) is 5.82 Å². The lowest BCUT2D eigenvalue weighted by molar-refractivity contribution is 0.504. The fourth-order valence-corrected chi connectivity index (χ4v) is 5.12. The zero-order valence-electron chi connectivity index (χ0n) is 20.0. The number of fused-ring (bicyclic) bond motifs is 1. The first-order valence-corrected chi connectivity index (χ1v) is 13.1. The number of aromatic nitrogens is 2. The average molecular weight is 477 g/mol. The van der Waals surface area contributed by atoms with Gasteiger partial charge in [-0.3, -0.25) is 0 Å². The molecule has 0 amide bonds. The predicted octanol–water partition coefficient (Wildman–Crippen LogP) is 4.77. The Bertz CT molecular complexity index is 1330. The van der Waals surface area contributed by atoms with Crippen LogP contribution in [0, 0.1) is 0 Å². The molecule has 0 radical (unpaired) electrons. The maximum absolute atomic E-state index is 12.6. The summed E-state index contributed by atoms with van der Waals surface area (Å²) in [5, 5.41) is 3.71. The third kappa shape index (κ3) is 5.22. The van der Waals surface area contributed by atoms with E-state index in [-0.39, 0.29) is 10.9 Å². The maximum Gasteiger partial charge on any atom is 0.242 e. The van der Waals surface area contributed by atoms with Crippen LogP contribution < -0.4 is 5.32 Å². The molecular weight excluding hydrogens is 444 g/mol.